The van der Waals surface area contributed by atoms with E-state index in [0.717, 1.165) is 5.56 Å². The maximum Gasteiger partial charge on any atom is 0.235 e. The first kappa shape index (κ1) is 21.6. The van der Waals surface area contributed by atoms with Gasteiger partial charge in [0.2, 0.25) is 11.2 Å². The van der Waals surface area contributed by atoms with Crippen molar-refractivity contribution >= 4 is 34.2 Å². The van der Waals surface area contributed by atoms with Gasteiger partial charge in [-0.15, -0.1) is 0 Å². The molecule has 0 atom stereocenters. The number of hydrogen-bond acceptors (Lipinski definition) is 6. The van der Waals surface area contributed by atoms with Crippen molar-refractivity contribution in [3.05, 3.63) is 86.0 Å². The van der Waals surface area contributed by atoms with E-state index in [1.54, 1.807) is 61.7 Å². The summed E-state index contributed by atoms with van der Waals surface area (Å²) in [4.78, 5) is 13.4. The Morgan fingerprint density at radius 1 is 1.00 bits per heavy atom. The number of rotatable bonds is 5. The van der Waals surface area contributed by atoms with Crippen molar-refractivity contribution in [2.75, 3.05) is 13.9 Å². The van der Waals surface area contributed by atoms with Crippen molar-refractivity contribution in [2.45, 2.75) is 13.2 Å². The summed E-state index contributed by atoms with van der Waals surface area (Å²) in [5.41, 5.74) is 2.26. The molecule has 0 unspecified atom stereocenters. The average molecular weight is 485 g/mol. The number of benzene rings is 3. The average Bonchev–Trinajstić information content (AvgIpc) is 2.83. The standard InChI is InChI=1S/C25H18Cl2O6/c1-29-19-5-2-14(3-6-19)24-25(22(28)20-10-17(26)4-7-21(20)33-24)31-12-16-9-18(27)8-15-11-30-13-32-23(15)16/h2-10H,11-13H2,1H3. The van der Waals surface area contributed by atoms with Crippen molar-refractivity contribution in [1.82, 2.24) is 0 Å². The predicted octanol–water partition coefficient (Wildman–Crippen LogP) is 6.22. The van der Waals surface area contributed by atoms with Crippen LogP contribution in [0, 0.1) is 0 Å². The van der Waals surface area contributed by atoms with Crippen molar-refractivity contribution in [1.29, 1.82) is 0 Å². The van der Waals surface area contributed by atoms with Crippen molar-refractivity contribution in [2.24, 2.45) is 0 Å². The van der Waals surface area contributed by atoms with Gasteiger partial charge < -0.3 is 23.4 Å². The number of halogens is 2. The first-order chi connectivity index (χ1) is 16.0. The molecule has 0 aliphatic carbocycles. The zero-order valence-electron chi connectivity index (χ0n) is 17.5. The predicted molar refractivity (Wildman–Crippen MR) is 126 cm³/mol. The number of hydrogen-bond donors (Lipinski definition) is 0. The molecule has 0 N–H and O–H groups in total. The monoisotopic (exact) mass is 484 g/mol. The SMILES string of the molecule is COc1ccc(-c2oc3ccc(Cl)cc3c(=O)c2OCc2cc(Cl)cc3c2OCOC3)cc1. The summed E-state index contributed by atoms with van der Waals surface area (Å²) in [5, 5.41) is 1.27. The normalized spacial score (nSPS) is 12.8. The lowest BCUT2D eigenvalue weighted by Gasteiger charge is -2.21. The van der Waals surface area contributed by atoms with Gasteiger partial charge in [0, 0.05) is 26.7 Å². The van der Waals surface area contributed by atoms with Crippen molar-refractivity contribution in [3.8, 4) is 28.6 Å². The van der Waals surface area contributed by atoms with E-state index in [9.17, 15) is 4.79 Å². The Bertz CT molecular complexity index is 1400. The third-order valence-corrected chi connectivity index (χ3v) is 5.74. The zero-order chi connectivity index (χ0) is 22.9. The van der Waals surface area contributed by atoms with E-state index in [2.05, 4.69) is 0 Å². The molecule has 1 aliphatic rings. The highest BCUT2D eigenvalue weighted by Crippen LogP contribution is 2.35. The summed E-state index contributed by atoms with van der Waals surface area (Å²) in [6.07, 6.45) is 0. The van der Waals surface area contributed by atoms with E-state index >= 15 is 0 Å². The maximum atomic E-state index is 13.4. The summed E-state index contributed by atoms with van der Waals surface area (Å²) in [7, 11) is 1.59. The van der Waals surface area contributed by atoms with Crippen LogP contribution in [-0.4, -0.2) is 13.9 Å². The molecule has 0 amide bonds. The van der Waals surface area contributed by atoms with Gasteiger partial charge in [-0.3, -0.25) is 4.79 Å². The molecule has 0 spiro atoms. The summed E-state index contributed by atoms with van der Waals surface area (Å²) in [5.74, 6) is 1.69. The topological polar surface area (TPSA) is 67.1 Å². The molecule has 0 saturated carbocycles. The van der Waals surface area contributed by atoms with Crippen LogP contribution in [-0.2, 0) is 18.0 Å². The highest BCUT2D eigenvalue weighted by molar-refractivity contribution is 6.31. The summed E-state index contributed by atoms with van der Waals surface area (Å²) in [6, 6.07) is 15.6. The lowest BCUT2D eigenvalue weighted by Crippen LogP contribution is -2.15. The molecule has 1 aliphatic heterocycles. The molecule has 2 heterocycles. The largest absolute Gasteiger partial charge is 0.497 e. The third-order valence-electron chi connectivity index (χ3n) is 5.29. The fourth-order valence-electron chi connectivity index (χ4n) is 3.73. The van der Waals surface area contributed by atoms with Gasteiger partial charge in [-0.25, -0.2) is 0 Å². The van der Waals surface area contributed by atoms with Crippen LogP contribution in [0.25, 0.3) is 22.3 Å². The van der Waals surface area contributed by atoms with Crippen LogP contribution in [0.1, 0.15) is 11.1 Å². The maximum absolute atomic E-state index is 13.4. The third kappa shape index (κ3) is 4.25. The molecule has 0 radical (unpaired) electrons. The number of methoxy groups -OCH3 is 1. The smallest absolute Gasteiger partial charge is 0.235 e. The molecule has 3 aromatic carbocycles. The van der Waals surface area contributed by atoms with Gasteiger partial charge in [-0.2, -0.15) is 0 Å². The van der Waals surface area contributed by atoms with Crippen molar-refractivity contribution < 1.29 is 23.4 Å². The van der Waals surface area contributed by atoms with E-state index in [1.165, 1.54) is 0 Å². The Morgan fingerprint density at radius 2 is 1.82 bits per heavy atom. The molecule has 33 heavy (non-hydrogen) atoms. The molecule has 168 valence electrons. The molecule has 0 fully saturated rings. The first-order valence-electron chi connectivity index (χ1n) is 10.1. The molecule has 8 heteroatoms. The minimum atomic E-state index is -0.329. The second-order valence-electron chi connectivity index (χ2n) is 7.41. The Hall–Kier alpha value is -3.19. The number of ether oxygens (including phenoxy) is 4. The molecular weight excluding hydrogens is 467 g/mol. The fourth-order valence-corrected chi connectivity index (χ4v) is 4.16. The quantitative estimate of drug-likeness (QED) is 0.334. The number of fused-ring (bicyclic) bond motifs is 2. The van der Waals surface area contributed by atoms with E-state index in [0.29, 0.717) is 56.0 Å². The highest BCUT2D eigenvalue weighted by atomic mass is 35.5. The minimum Gasteiger partial charge on any atom is -0.497 e. The molecule has 0 bridgehead atoms. The van der Waals surface area contributed by atoms with E-state index in [-0.39, 0.29) is 24.6 Å². The lowest BCUT2D eigenvalue weighted by atomic mass is 10.1. The lowest BCUT2D eigenvalue weighted by molar-refractivity contribution is -0.0175. The molecule has 5 rings (SSSR count). The van der Waals surface area contributed by atoms with Crippen LogP contribution in [0.4, 0.5) is 0 Å². The van der Waals surface area contributed by atoms with Gasteiger partial charge in [0.1, 0.15) is 23.7 Å². The van der Waals surface area contributed by atoms with Crippen LogP contribution < -0.4 is 19.6 Å². The second kappa shape index (κ2) is 8.98. The van der Waals surface area contributed by atoms with Crippen LogP contribution in [0.5, 0.6) is 17.2 Å². The van der Waals surface area contributed by atoms with Gasteiger partial charge >= 0.3 is 0 Å². The van der Waals surface area contributed by atoms with Crippen LogP contribution in [0.3, 0.4) is 0 Å². The molecule has 4 aromatic rings. The van der Waals surface area contributed by atoms with Crippen molar-refractivity contribution in [3.63, 3.8) is 0 Å². The van der Waals surface area contributed by atoms with Gasteiger partial charge in [-0.1, -0.05) is 23.2 Å². The van der Waals surface area contributed by atoms with Gasteiger partial charge in [0.25, 0.3) is 0 Å². The Labute approximate surface area is 199 Å². The second-order valence-corrected chi connectivity index (χ2v) is 8.28. The van der Waals surface area contributed by atoms with Crippen LogP contribution in [0.2, 0.25) is 10.0 Å². The Balaban J connectivity index is 1.61. The molecule has 1 aromatic heterocycles. The highest BCUT2D eigenvalue weighted by Gasteiger charge is 2.21. The van der Waals surface area contributed by atoms with Crippen LogP contribution in [0.15, 0.2) is 63.8 Å². The summed E-state index contributed by atoms with van der Waals surface area (Å²) < 4.78 is 28.4. The van der Waals surface area contributed by atoms with Gasteiger partial charge in [0.15, 0.2) is 12.6 Å². The van der Waals surface area contributed by atoms with Gasteiger partial charge in [0.05, 0.1) is 19.1 Å². The molecule has 0 saturated heterocycles. The molecular formula is C25H18Cl2O6. The molecule has 6 nitrogen and oxygen atoms in total. The Morgan fingerprint density at radius 3 is 2.61 bits per heavy atom. The minimum absolute atomic E-state index is 0.0445. The van der Waals surface area contributed by atoms with Gasteiger partial charge in [-0.05, 0) is 54.6 Å². The zero-order valence-corrected chi connectivity index (χ0v) is 19.0. The van der Waals surface area contributed by atoms with Crippen LogP contribution >= 0.6 is 23.2 Å². The first-order valence-corrected chi connectivity index (χ1v) is 10.8. The fraction of sp³-hybridized carbons (Fsp3) is 0.160. The summed E-state index contributed by atoms with van der Waals surface area (Å²) >= 11 is 12.4. The Kier molecular flexibility index (Phi) is 5.89. The summed E-state index contributed by atoms with van der Waals surface area (Å²) in [6.45, 7) is 0.564. The van der Waals surface area contributed by atoms with E-state index in [4.69, 9.17) is 46.6 Å². The van der Waals surface area contributed by atoms with E-state index < -0.39 is 0 Å². The van der Waals surface area contributed by atoms with E-state index in [1.807, 2.05) is 0 Å².